The van der Waals surface area contributed by atoms with E-state index in [1.807, 2.05) is 37.3 Å². The molecule has 0 fully saturated rings. The number of hydrogen-bond acceptors (Lipinski definition) is 7. The molecular weight excluding hydrogens is 406 g/mol. The molecule has 0 saturated heterocycles. The van der Waals surface area contributed by atoms with Crippen LogP contribution in [0.4, 0.5) is 0 Å². The van der Waals surface area contributed by atoms with E-state index in [4.69, 9.17) is 5.21 Å². The molecule has 2 aromatic heterocycles. The molecule has 2 heterocycles. The number of aryl methyl sites for hydroxylation is 2. The van der Waals surface area contributed by atoms with Gasteiger partial charge in [-0.15, -0.1) is 0 Å². The molecule has 10 heteroatoms. The summed E-state index contributed by atoms with van der Waals surface area (Å²) >= 11 is 0. The maximum absolute atomic E-state index is 12.1. The summed E-state index contributed by atoms with van der Waals surface area (Å²) in [5.74, 6) is -0.262. The van der Waals surface area contributed by atoms with Crippen LogP contribution in [0.1, 0.15) is 19.2 Å². The van der Waals surface area contributed by atoms with Gasteiger partial charge in [0.25, 0.3) is 5.91 Å². The van der Waals surface area contributed by atoms with Crippen molar-refractivity contribution in [2.24, 2.45) is 0 Å². The van der Waals surface area contributed by atoms with E-state index in [1.54, 1.807) is 23.3 Å². The van der Waals surface area contributed by atoms with Gasteiger partial charge >= 0.3 is 0 Å². The lowest BCUT2D eigenvalue weighted by Crippen LogP contribution is -2.49. The zero-order chi connectivity index (χ0) is 21.9. The SMILES string of the molecule is Cc1nccc(-c2ccc(-c3cnn(CCC(C)(C(=O)NO)S(C)(=O)=O)c3)cc2)n1. The maximum atomic E-state index is 12.1. The molecule has 0 bridgehead atoms. The summed E-state index contributed by atoms with van der Waals surface area (Å²) in [4.78, 5) is 20.4. The Hall–Kier alpha value is -3.11. The second-order valence-electron chi connectivity index (χ2n) is 7.25. The minimum Gasteiger partial charge on any atom is -0.289 e. The van der Waals surface area contributed by atoms with E-state index >= 15 is 0 Å². The lowest BCUT2D eigenvalue weighted by Gasteiger charge is -2.24. The molecule has 0 radical (unpaired) electrons. The Kier molecular flexibility index (Phi) is 5.99. The van der Waals surface area contributed by atoms with Crippen molar-refractivity contribution in [1.29, 1.82) is 0 Å². The third-order valence-corrected chi connectivity index (χ3v) is 7.17. The molecule has 0 spiro atoms. The predicted molar refractivity (Wildman–Crippen MR) is 111 cm³/mol. The topological polar surface area (TPSA) is 127 Å². The number of benzene rings is 1. The highest BCUT2D eigenvalue weighted by atomic mass is 32.2. The first-order valence-corrected chi connectivity index (χ1v) is 11.1. The number of rotatable bonds is 7. The van der Waals surface area contributed by atoms with Crippen molar-refractivity contribution in [3.63, 3.8) is 0 Å². The molecule has 158 valence electrons. The van der Waals surface area contributed by atoms with Crippen molar-refractivity contribution in [2.75, 3.05) is 6.26 Å². The van der Waals surface area contributed by atoms with Gasteiger partial charge in [-0.1, -0.05) is 24.3 Å². The number of hydroxylamine groups is 1. The van der Waals surface area contributed by atoms with E-state index in [0.29, 0.717) is 5.82 Å². The van der Waals surface area contributed by atoms with Crippen LogP contribution in [0, 0.1) is 6.92 Å². The van der Waals surface area contributed by atoms with E-state index in [9.17, 15) is 13.2 Å². The van der Waals surface area contributed by atoms with E-state index in [2.05, 4.69) is 15.1 Å². The van der Waals surface area contributed by atoms with Crippen LogP contribution in [-0.2, 0) is 21.2 Å². The average Bonchev–Trinajstić information content (AvgIpc) is 3.19. The number of aromatic nitrogens is 4. The highest BCUT2D eigenvalue weighted by Crippen LogP contribution is 2.25. The second kappa shape index (κ2) is 8.33. The first kappa shape index (κ1) is 21.6. The van der Waals surface area contributed by atoms with Gasteiger partial charge in [-0.25, -0.2) is 23.9 Å². The lowest BCUT2D eigenvalue weighted by molar-refractivity contribution is -0.131. The van der Waals surface area contributed by atoms with Crippen LogP contribution in [0.5, 0.6) is 0 Å². The Bertz CT molecular complexity index is 1160. The van der Waals surface area contributed by atoms with E-state index < -0.39 is 20.5 Å². The summed E-state index contributed by atoms with van der Waals surface area (Å²) in [6.07, 6.45) is 6.11. The molecule has 0 saturated carbocycles. The van der Waals surface area contributed by atoms with Gasteiger partial charge in [0, 0.05) is 36.3 Å². The first-order chi connectivity index (χ1) is 14.1. The zero-order valence-corrected chi connectivity index (χ0v) is 17.7. The van der Waals surface area contributed by atoms with Crippen LogP contribution < -0.4 is 5.48 Å². The maximum Gasteiger partial charge on any atom is 0.264 e. The van der Waals surface area contributed by atoms with E-state index in [-0.39, 0.29) is 13.0 Å². The summed E-state index contributed by atoms with van der Waals surface area (Å²) in [6, 6.07) is 9.67. The first-order valence-electron chi connectivity index (χ1n) is 9.21. The highest BCUT2D eigenvalue weighted by Gasteiger charge is 2.43. The monoisotopic (exact) mass is 429 g/mol. The van der Waals surface area contributed by atoms with Crippen LogP contribution in [-0.4, -0.2) is 50.3 Å². The van der Waals surface area contributed by atoms with Crippen LogP contribution in [0.2, 0.25) is 0 Å². The molecular formula is C20H23N5O4S. The second-order valence-corrected chi connectivity index (χ2v) is 9.70. The van der Waals surface area contributed by atoms with Gasteiger partial charge in [0.05, 0.1) is 11.9 Å². The third kappa shape index (κ3) is 4.39. The fourth-order valence-corrected chi connectivity index (χ4v) is 3.84. The Labute approximate surface area is 174 Å². The van der Waals surface area contributed by atoms with Crippen LogP contribution in [0.15, 0.2) is 48.9 Å². The number of nitrogens with zero attached hydrogens (tertiary/aromatic N) is 4. The molecule has 3 rings (SSSR count). The van der Waals surface area contributed by atoms with E-state index in [0.717, 1.165) is 28.6 Å². The number of carbonyl (C=O) groups is 1. The molecule has 3 aromatic rings. The molecule has 1 atom stereocenters. The Balaban J connectivity index is 1.75. The number of nitrogens with one attached hydrogen (secondary N) is 1. The zero-order valence-electron chi connectivity index (χ0n) is 16.9. The third-order valence-electron chi connectivity index (χ3n) is 5.14. The van der Waals surface area contributed by atoms with Gasteiger partial charge in [0.2, 0.25) is 0 Å². The fraction of sp³-hybridized carbons (Fsp3) is 0.300. The number of amides is 1. The molecule has 9 nitrogen and oxygen atoms in total. The highest BCUT2D eigenvalue weighted by molar-refractivity contribution is 7.92. The van der Waals surface area contributed by atoms with Crippen molar-refractivity contribution < 1.29 is 18.4 Å². The van der Waals surface area contributed by atoms with E-state index in [1.165, 1.54) is 12.4 Å². The van der Waals surface area contributed by atoms with Gasteiger partial charge in [0.1, 0.15) is 5.82 Å². The summed E-state index contributed by atoms with van der Waals surface area (Å²) < 4.78 is 23.9. The minimum atomic E-state index is -3.75. The largest absolute Gasteiger partial charge is 0.289 e. The Morgan fingerprint density at radius 2 is 1.83 bits per heavy atom. The lowest BCUT2D eigenvalue weighted by atomic mass is 10.1. The minimum absolute atomic E-state index is 0.0364. The molecule has 1 amide bonds. The number of carbonyl (C=O) groups excluding carboxylic acids is 1. The quantitative estimate of drug-likeness (QED) is 0.434. The van der Waals surface area contributed by atoms with Crippen molar-refractivity contribution in [2.45, 2.75) is 31.6 Å². The molecule has 1 unspecified atom stereocenters. The normalized spacial score (nSPS) is 13.6. The van der Waals surface area contributed by atoms with Gasteiger partial charge in [-0.2, -0.15) is 5.10 Å². The van der Waals surface area contributed by atoms with Crippen LogP contribution in [0.3, 0.4) is 0 Å². The van der Waals surface area contributed by atoms with Crippen molar-refractivity contribution in [3.8, 4) is 22.4 Å². The molecule has 2 N–H and O–H groups in total. The van der Waals surface area contributed by atoms with Crippen molar-refractivity contribution >= 4 is 15.7 Å². The predicted octanol–water partition coefficient (Wildman–Crippen LogP) is 2.01. The smallest absolute Gasteiger partial charge is 0.264 e. The van der Waals surface area contributed by atoms with Crippen LogP contribution in [0.25, 0.3) is 22.4 Å². The Morgan fingerprint density at radius 1 is 1.17 bits per heavy atom. The van der Waals surface area contributed by atoms with Crippen LogP contribution >= 0.6 is 0 Å². The van der Waals surface area contributed by atoms with Gasteiger partial charge < -0.3 is 0 Å². The molecule has 0 aliphatic rings. The average molecular weight is 430 g/mol. The molecule has 0 aliphatic carbocycles. The summed E-state index contributed by atoms with van der Waals surface area (Å²) in [7, 11) is -3.75. The molecule has 1 aromatic carbocycles. The van der Waals surface area contributed by atoms with Gasteiger partial charge in [0.15, 0.2) is 14.6 Å². The fourth-order valence-electron chi connectivity index (χ4n) is 3.00. The molecule has 30 heavy (non-hydrogen) atoms. The van der Waals surface area contributed by atoms with Crippen molar-refractivity contribution in [1.82, 2.24) is 25.2 Å². The number of sulfone groups is 1. The Morgan fingerprint density at radius 3 is 2.43 bits per heavy atom. The summed E-state index contributed by atoms with van der Waals surface area (Å²) in [5.41, 5.74) is 5.05. The summed E-state index contributed by atoms with van der Waals surface area (Å²) in [6.45, 7) is 3.31. The summed E-state index contributed by atoms with van der Waals surface area (Å²) in [5, 5.41) is 13.2. The number of hydrogen-bond donors (Lipinski definition) is 2. The van der Waals surface area contributed by atoms with Gasteiger partial charge in [-0.3, -0.25) is 14.7 Å². The van der Waals surface area contributed by atoms with Gasteiger partial charge in [-0.05, 0) is 31.9 Å². The standard InChI is InChI=1S/C20H23N5O4S/c1-14-21-10-8-18(23-14)16-6-4-15(5-7-16)17-12-22-25(13-17)11-9-20(2,19(26)24-27)30(3,28)29/h4-8,10,12-13,27H,9,11H2,1-3H3,(H,24,26). The van der Waals surface area contributed by atoms with Crippen molar-refractivity contribution in [3.05, 3.63) is 54.7 Å². The molecule has 0 aliphatic heterocycles.